The Morgan fingerprint density at radius 1 is 1.11 bits per heavy atom. The Bertz CT molecular complexity index is 792. The number of carbonyl (C=O) groups is 1. The molecule has 0 aromatic heterocycles. The number of amides is 1. The van der Waals surface area contributed by atoms with Crippen LogP contribution in [0.4, 0.5) is 18.9 Å². The first-order chi connectivity index (χ1) is 12.8. The van der Waals surface area contributed by atoms with Crippen molar-refractivity contribution >= 4 is 23.2 Å². The number of halogens is 4. The minimum absolute atomic E-state index is 0.201. The predicted molar refractivity (Wildman–Crippen MR) is 97.8 cm³/mol. The third kappa shape index (κ3) is 5.53. The van der Waals surface area contributed by atoms with E-state index >= 15 is 0 Å². The largest absolute Gasteiger partial charge is 0.490 e. The van der Waals surface area contributed by atoms with Gasteiger partial charge in [-0.1, -0.05) is 18.5 Å². The van der Waals surface area contributed by atoms with E-state index in [2.05, 4.69) is 5.32 Å². The summed E-state index contributed by atoms with van der Waals surface area (Å²) in [7, 11) is 0. The van der Waals surface area contributed by atoms with Crippen molar-refractivity contribution in [1.82, 2.24) is 0 Å². The fourth-order valence-corrected chi connectivity index (χ4v) is 2.52. The quantitative estimate of drug-likeness (QED) is 0.638. The standard InChI is InChI=1S/C19H19ClF3NO3/c1-3-9-27-17-15(20)10-12(11-16(17)26-4-2)18(25)24-14-7-5-13(6-8-14)19(21,22)23/h5-8,10-11H,3-4,9H2,1-2H3,(H,24,25). The number of benzene rings is 2. The normalized spacial score (nSPS) is 11.2. The third-order valence-corrected chi connectivity index (χ3v) is 3.77. The second-order valence-electron chi connectivity index (χ2n) is 5.60. The average molecular weight is 402 g/mol. The highest BCUT2D eigenvalue weighted by Gasteiger charge is 2.30. The van der Waals surface area contributed by atoms with Gasteiger partial charge in [-0.25, -0.2) is 0 Å². The van der Waals surface area contributed by atoms with E-state index in [9.17, 15) is 18.0 Å². The molecule has 27 heavy (non-hydrogen) atoms. The Labute approximate surface area is 160 Å². The van der Waals surface area contributed by atoms with Gasteiger partial charge >= 0.3 is 6.18 Å². The van der Waals surface area contributed by atoms with E-state index in [0.29, 0.717) is 24.7 Å². The second-order valence-corrected chi connectivity index (χ2v) is 6.00. The summed E-state index contributed by atoms with van der Waals surface area (Å²) < 4.78 is 48.9. The molecule has 0 aliphatic heterocycles. The van der Waals surface area contributed by atoms with Crippen molar-refractivity contribution in [2.75, 3.05) is 18.5 Å². The molecule has 2 aromatic carbocycles. The Morgan fingerprint density at radius 3 is 2.33 bits per heavy atom. The fourth-order valence-electron chi connectivity index (χ4n) is 2.25. The number of rotatable bonds is 7. The number of nitrogens with one attached hydrogen (secondary N) is 1. The highest BCUT2D eigenvalue weighted by molar-refractivity contribution is 6.32. The molecule has 0 bridgehead atoms. The average Bonchev–Trinajstić information content (AvgIpc) is 2.60. The molecule has 2 aromatic rings. The van der Waals surface area contributed by atoms with Crippen molar-refractivity contribution in [1.29, 1.82) is 0 Å². The minimum Gasteiger partial charge on any atom is -0.490 e. The molecule has 0 fully saturated rings. The molecule has 8 heteroatoms. The smallest absolute Gasteiger partial charge is 0.416 e. The van der Waals surface area contributed by atoms with E-state index in [1.165, 1.54) is 24.3 Å². The molecular weight excluding hydrogens is 383 g/mol. The topological polar surface area (TPSA) is 47.6 Å². The minimum atomic E-state index is -4.43. The van der Waals surface area contributed by atoms with Crippen LogP contribution in [0.1, 0.15) is 36.2 Å². The molecule has 4 nitrogen and oxygen atoms in total. The summed E-state index contributed by atoms with van der Waals surface area (Å²) in [5, 5.41) is 2.75. The molecule has 0 heterocycles. The molecule has 146 valence electrons. The number of ether oxygens (including phenoxy) is 2. The molecule has 0 saturated carbocycles. The van der Waals surface area contributed by atoms with Crippen LogP contribution in [0.5, 0.6) is 11.5 Å². The molecule has 0 saturated heterocycles. The van der Waals surface area contributed by atoms with Gasteiger partial charge in [-0.3, -0.25) is 4.79 Å². The van der Waals surface area contributed by atoms with Crippen molar-refractivity contribution in [2.45, 2.75) is 26.4 Å². The van der Waals surface area contributed by atoms with Gasteiger partial charge in [0.05, 0.1) is 23.8 Å². The second kappa shape index (κ2) is 8.99. The Morgan fingerprint density at radius 2 is 1.78 bits per heavy atom. The zero-order chi connectivity index (χ0) is 20.0. The summed E-state index contributed by atoms with van der Waals surface area (Å²) in [6.45, 7) is 4.52. The van der Waals surface area contributed by atoms with Gasteiger partial charge in [0, 0.05) is 11.3 Å². The van der Waals surface area contributed by atoms with Gasteiger partial charge in [0.1, 0.15) is 0 Å². The van der Waals surface area contributed by atoms with Crippen LogP contribution in [-0.4, -0.2) is 19.1 Å². The van der Waals surface area contributed by atoms with Gasteiger partial charge < -0.3 is 14.8 Å². The molecule has 0 aliphatic carbocycles. The van der Waals surface area contributed by atoms with Crippen molar-refractivity contribution in [2.24, 2.45) is 0 Å². The van der Waals surface area contributed by atoms with Gasteiger partial charge in [-0.05, 0) is 49.7 Å². The SMILES string of the molecule is CCCOc1c(Cl)cc(C(=O)Nc2ccc(C(F)(F)F)cc2)cc1OCC. The number of anilines is 1. The summed E-state index contributed by atoms with van der Waals surface area (Å²) in [6.07, 6.45) is -3.66. The van der Waals surface area contributed by atoms with Crippen LogP contribution < -0.4 is 14.8 Å². The third-order valence-electron chi connectivity index (χ3n) is 3.49. The van der Waals surface area contributed by atoms with E-state index in [1.807, 2.05) is 6.92 Å². The summed E-state index contributed by atoms with van der Waals surface area (Å²) in [6, 6.07) is 7.08. The summed E-state index contributed by atoms with van der Waals surface area (Å²) in [5.41, 5.74) is -0.361. The van der Waals surface area contributed by atoms with E-state index in [4.69, 9.17) is 21.1 Å². The Balaban J connectivity index is 2.22. The number of hydrogen-bond donors (Lipinski definition) is 1. The van der Waals surface area contributed by atoms with Crippen LogP contribution in [0.3, 0.4) is 0 Å². The highest BCUT2D eigenvalue weighted by atomic mass is 35.5. The van der Waals surface area contributed by atoms with Gasteiger partial charge in [0.2, 0.25) is 0 Å². The number of hydrogen-bond acceptors (Lipinski definition) is 3. The van der Waals surface area contributed by atoms with Crippen molar-refractivity contribution in [3.63, 3.8) is 0 Å². The molecule has 0 unspecified atom stereocenters. The lowest BCUT2D eigenvalue weighted by molar-refractivity contribution is -0.137. The fraction of sp³-hybridized carbons (Fsp3) is 0.316. The van der Waals surface area contributed by atoms with Crippen molar-refractivity contribution < 1.29 is 27.4 Å². The summed E-state index contributed by atoms with van der Waals surface area (Å²) in [5.74, 6) is 0.155. The maximum absolute atomic E-state index is 12.6. The first-order valence-corrected chi connectivity index (χ1v) is 8.71. The molecule has 2 rings (SSSR count). The lowest BCUT2D eigenvalue weighted by Gasteiger charge is -2.15. The van der Waals surface area contributed by atoms with Crippen LogP contribution in [0.2, 0.25) is 5.02 Å². The van der Waals surface area contributed by atoms with Gasteiger partial charge in [-0.2, -0.15) is 13.2 Å². The first kappa shape index (κ1) is 20.9. The maximum atomic E-state index is 12.6. The zero-order valence-electron chi connectivity index (χ0n) is 14.8. The molecule has 0 atom stereocenters. The molecule has 0 radical (unpaired) electrons. The van der Waals surface area contributed by atoms with E-state index < -0.39 is 17.6 Å². The zero-order valence-corrected chi connectivity index (χ0v) is 15.6. The van der Waals surface area contributed by atoms with Crippen LogP contribution in [-0.2, 0) is 6.18 Å². The number of alkyl halides is 3. The van der Waals surface area contributed by atoms with Crippen LogP contribution in [0.25, 0.3) is 0 Å². The molecule has 0 aliphatic rings. The molecular formula is C19H19ClF3NO3. The van der Waals surface area contributed by atoms with Gasteiger partial charge in [0.15, 0.2) is 11.5 Å². The van der Waals surface area contributed by atoms with E-state index in [0.717, 1.165) is 18.6 Å². The van der Waals surface area contributed by atoms with Crippen molar-refractivity contribution in [3.05, 3.63) is 52.5 Å². The van der Waals surface area contributed by atoms with Gasteiger partial charge in [-0.15, -0.1) is 0 Å². The maximum Gasteiger partial charge on any atom is 0.416 e. The highest BCUT2D eigenvalue weighted by Crippen LogP contribution is 2.37. The predicted octanol–water partition coefficient (Wildman–Crippen LogP) is 5.80. The summed E-state index contributed by atoms with van der Waals surface area (Å²) in [4.78, 5) is 12.4. The number of carbonyl (C=O) groups excluding carboxylic acids is 1. The summed E-state index contributed by atoms with van der Waals surface area (Å²) >= 11 is 6.21. The lowest BCUT2D eigenvalue weighted by Crippen LogP contribution is -2.13. The van der Waals surface area contributed by atoms with Crippen molar-refractivity contribution in [3.8, 4) is 11.5 Å². The molecule has 1 N–H and O–H groups in total. The van der Waals surface area contributed by atoms with Crippen LogP contribution >= 0.6 is 11.6 Å². The lowest BCUT2D eigenvalue weighted by atomic mass is 10.1. The monoisotopic (exact) mass is 401 g/mol. The molecule has 0 spiro atoms. The Hall–Kier alpha value is -2.41. The van der Waals surface area contributed by atoms with Crippen LogP contribution in [0.15, 0.2) is 36.4 Å². The van der Waals surface area contributed by atoms with E-state index in [1.54, 1.807) is 6.92 Å². The molecule has 1 amide bonds. The Kier molecular flexibility index (Phi) is 6.96. The van der Waals surface area contributed by atoms with Crippen LogP contribution in [0, 0.1) is 0 Å². The van der Waals surface area contributed by atoms with Gasteiger partial charge in [0.25, 0.3) is 5.91 Å². The van der Waals surface area contributed by atoms with E-state index in [-0.39, 0.29) is 16.3 Å². The first-order valence-electron chi connectivity index (χ1n) is 8.34.